The Bertz CT molecular complexity index is 422. The molecule has 0 spiro atoms. The van der Waals surface area contributed by atoms with Gasteiger partial charge in [-0.3, -0.25) is 0 Å². The van der Waals surface area contributed by atoms with Crippen molar-refractivity contribution in [1.82, 2.24) is 0 Å². The fraction of sp³-hybridized carbons (Fsp3) is 0. The van der Waals surface area contributed by atoms with Crippen molar-refractivity contribution >= 4 is 24.1 Å². The molecule has 1 heterocycles. The van der Waals surface area contributed by atoms with Gasteiger partial charge in [0.2, 0.25) is 0 Å². The topological polar surface area (TPSA) is 23.8 Å². The molecule has 0 saturated carbocycles. The van der Waals surface area contributed by atoms with Crippen molar-refractivity contribution in [3.63, 3.8) is 0 Å². The summed E-state index contributed by atoms with van der Waals surface area (Å²) in [5.41, 5.74) is 0.848. The summed E-state index contributed by atoms with van der Waals surface area (Å²) in [6.07, 6.45) is 0. The molecule has 0 aliphatic carbocycles. The quantitative estimate of drug-likeness (QED) is 0.602. The van der Waals surface area contributed by atoms with E-state index in [9.17, 15) is 0 Å². The van der Waals surface area contributed by atoms with Crippen molar-refractivity contribution in [1.29, 1.82) is 5.26 Å². The number of hydrogen-bond donors (Lipinski definition) is 0. The van der Waals surface area contributed by atoms with Crippen LogP contribution in [0.25, 0.3) is 9.65 Å². The van der Waals surface area contributed by atoms with Crippen LogP contribution in [0.15, 0.2) is 29.2 Å². The fourth-order valence-electron chi connectivity index (χ4n) is 1.06. The summed E-state index contributed by atoms with van der Waals surface area (Å²) in [6, 6.07) is 10.3. The van der Waals surface area contributed by atoms with Gasteiger partial charge in [-0.25, -0.2) is 0 Å². The van der Waals surface area contributed by atoms with Crippen molar-refractivity contribution in [2.45, 2.75) is 0 Å². The minimum atomic E-state index is 0.391. The SMILES string of the molecule is N#Cc1c[se]c2ccccc12. The molecule has 0 amide bonds. The molecule has 0 atom stereocenters. The molecule has 0 saturated heterocycles. The molecule has 2 aromatic rings. The van der Waals surface area contributed by atoms with Crippen LogP contribution in [0.4, 0.5) is 0 Å². The van der Waals surface area contributed by atoms with Crippen LogP contribution in [0.5, 0.6) is 0 Å². The molecule has 0 aliphatic heterocycles. The van der Waals surface area contributed by atoms with Crippen molar-refractivity contribution < 1.29 is 0 Å². The normalized spacial score (nSPS) is 9.73. The fourth-order valence-corrected chi connectivity index (χ4v) is 2.92. The maximum atomic E-state index is 8.70. The molecule has 0 bridgehead atoms. The number of benzene rings is 1. The summed E-state index contributed by atoms with van der Waals surface area (Å²) in [6.45, 7) is 0. The Morgan fingerprint density at radius 3 is 2.91 bits per heavy atom. The monoisotopic (exact) mass is 207 g/mol. The van der Waals surface area contributed by atoms with E-state index < -0.39 is 0 Å². The first-order chi connectivity index (χ1) is 5.42. The number of nitrogens with zero attached hydrogens (tertiary/aromatic N) is 1. The number of rotatable bonds is 0. The summed E-state index contributed by atoms with van der Waals surface area (Å²) in [5, 5.41) is 9.84. The van der Waals surface area contributed by atoms with E-state index in [1.807, 2.05) is 23.1 Å². The van der Waals surface area contributed by atoms with Crippen molar-refractivity contribution in [2.75, 3.05) is 0 Å². The zero-order valence-electron chi connectivity index (χ0n) is 5.74. The molecule has 0 radical (unpaired) electrons. The molecule has 0 N–H and O–H groups in total. The first-order valence-electron chi connectivity index (χ1n) is 3.28. The van der Waals surface area contributed by atoms with Crippen molar-refractivity contribution in [3.8, 4) is 6.07 Å². The van der Waals surface area contributed by atoms with Crippen LogP contribution >= 0.6 is 0 Å². The van der Waals surface area contributed by atoms with Gasteiger partial charge in [-0.1, -0.05) is 0 Å². The van der Waals surface area contributed by atoms with Crippen LogP contribution in [0.3, 0.4) is 0 Å². The van der Waals surface area contributed by atoms with Gasteiger partial charge < -0.3 is 0 Å². The van der Waals surface area contributed by atoms with Crippen LogP contribution in [-0.4, -0.2) is 14.5 Å². The predicted octanol–water partition coefficient (Wildman–Crippen LogP) is 1.77. The molecular formula is C9H5NSe. The van der Waals surface area contributed by atoms with E-state index in [0.717, 1.165) is 10.9 Å². The van der Waals surface area contributed by atoms with Gasteiger partial charge >= 0.3 is 70.3 Å². The molecule has 52 valence electrons. The Morgan fingerprint density at radius 2 is 2.09 bits per heavy atom. The number of hydrogen-bond acceptors (Lipinski definition) is 1. The molecule has 11 heavy (non-hydrogen) atoms. The van der Waals surface area contributed by atoms with E-state index in [1.165, 1.54) is 4.26 Å². The second-order valence-electron chi connectivity index (χ2n) is 2.26. The van der Waals surface area contributed by atoms with Gasteiger partial charge in [0.25, 0.3) is 0 Å². The average molecular weight is 206 g/mol. The summed E-state index contributed by atoms with van der Waals surface area (Å²) in [7, 11) is 0. The third-order valence-corrected chi connectivity index (χ3v) is 3.62. The Kier molecular flexibility index (Phi) is 1.54. The van der Waals surface area contributed by atoms with Crippen LogP contribution in [0.1, 0.15) is 5.56 Å². The van der Waals surface area contributed by atoms with Crippen molar-refractivity contribution in [3.05, 3.63) is 34.8 Å². The van der Waals surface area contributed by atoms with E-state index >= 15 is 0 Å². The average Bonchev–Trinajstić information content (AvgIpc) is 2.47. The maximum absolute atomic E-state index is 8.70. The summed E-state index contributed by atoms with van der Waals surface area (Å²) in [4.78, 5) is 2.04. The van der Waals surface area contributed by atoms with Gasteiger partial charge in [0, 0.05) is 0 Å². The Morgan fingerprint density at radius 1 is 1.27 bits per heavy atom. The van der Waals surface area contributed by atoms with Crippen LogP contribution in [-0.2, 0) is 0 Å². The third-order valence-electron chi connectivity index (χ3n) is 1.60. The van der Waals surface area contributed by atoms with Crippen LogP contribution in [0.2, 0.25) is 0 Å². The van der Waals surface area contributed by atoms with Gasteiger partial charge in [0.05, 0.1) is 0 Å². The summed E-state index contributed by atoms with van der Waals surface area (Å²) >= 11 is 0.391. The predicted molar refractivity (Wildman–Crippen MR) is 45.6 cm³/mol. The standard InChI is InChI=1S/C9H5NSe/c10-5-7-6-11-9-4-2-1-3-8(7)9/h1-4,6H. The number of fused-ring (bicyclic) bond motifs is 1. The zero-order valence-corrected chi connectivity index (χ0v) is 7.46. The molecule has 1 nitrogen and oxygen atoms in total. The molecule has 2 rings (SSSR count). The summed E-state index contributed by atoms with van der Waals surface area (Å²) < 4.78 is 1.33. The third kappa shape index (κ3) is 0.991. The minimum absolute atomic E-state index is 0.391. The van der Waals surface area contributed by atoms with Crippen LogP contribution < -0.4 is 0 Å². The van der Waals surface area contributed by atoms with E-state index in [1.54, 1.807) is 0 Å². The molecule has 0 unspecified atom stereocenters. The van der Waals surface area contributed by atoms with E-state index in [0.29, 0.717) is 14.5 Å². The van der Waals surface area contributed by atoms with Gasteiger partial charge in [0.1, 0.15) is 0 Å². The number of nitriles is 1. The van der Waals surface area contributed by atoms with Gasteiger partial charge in [-0.2, -0.15) is 0 Å². The van der Waals surface area contributed by atoms with Crippen LogP contribution in [0, 0.1) is 11.3 Å². The molecule has 2 heteroatoms. The molecule has 0 fully saturated rings. The van der Waals surface area contributed by atoms with E-state index in [-0.39, 0.29) is 0 Å². The van der Waals surface area contributed by atoms with E-state index in [2.05, 4.69) is 12.1 Å². The molecule has 0 aliphatic rings. The van der Waals surface area contributed by atoms with E-state index in [4.69, 9.17) is 5.26 Å². The van der Waals surface area contributed by atoms with Gasteiger partial charge in [-0.15, -0.1) is 0 Å². The Hall–Kier alpha value is -1.03. The molecule has 1 aromatic heterocycles. The molecular weight excluding hydrogens is 201 g/mol. The first-order valence-corrected chi connectivity index (χ1v) is 5.13. The zero-order chi connectivity index (χ0) is 7.68. The Labute approximate surface area is 70.6 Å². The second-order valence-corrected chi connectivity index (χ2v) is 4.17. The first kappa shape index (κ1) is 6.67. The van der Waals surface area contributed by atoms with Crippen molar-refractivity contribution in [2.24, 2.45) is 0 Å². The summed E-state index contributed by atoms with van der Waals surface area (Å²) in [5.74, 6) is 0. The van der Waals surface area contributed by atoms with Gasteiger partial charge in [0.15, 0.2) is 0 Å². The van der Waals surface area contributed by atoms with Gasteiger partial charge in [-0.05, 0) is 0 Å². The molecule has 1 aromatic carbocycles. The Balaban J connectivity index is 2.89. The second kappa shape index (κ2) is 2.54.